The molecule has 186 valence electrons. The fourth-order valence-electron chi connectivity index (χ4n) is 3.67. The van der Waals surface area contributed by atoms with Crippen molar-refractivity contribution in [3.05, 3.63) is 59.4 Å². The van der Waals surface area contributed by atoms with Crippen LogP contribution in [0.25, 0.3) is 0 Å². The van der Waals surface area contributed by atoms with Crippen LogP contribution in [0.5, 0.6) is 0 Å². The minimum absolute atomic E-state index is 0.351. The summed E-state index contributed by atoms with van der Waals surface area (Å²) in [6, 6.07) is 7.11. The Bertz CT molecular complexity index is 1480. The summed E-state index contributed by atoms with van der Waals surface area (Å²) in [7, 11) is -8.83. The van der Waals surface area contributed by atoms with Crippen LogP contribution in [0.4, 0.5) is 23.2 Å². The summed E-state index contributed by atoms with van der Waals surface area (Å²) in [6.07, 6.45) is -4.34. The zero-order chi connectivity index (χ0) is 26.6. The standard InChI is InChI=1S/C20H15F4N3O5S3/c1-19(11-35(31,32)15-7-4-13(21)5-8-15)17(28)26(18(33)27(19)34(2,29)30)14-6-3-12(10-25)16(9-14)20(22,23)24/h3-9H,11H2,1-2H3/t19-/m0/s1. The van der Waals surface area contributed by atoms with E-state index in [4.69, 9.17) is 17.5 Å². The number of thiocarbonyl (C=S) groups is 1. The number of hydrogen-bond acceptors (Lipinski definition) is 7. The van der Waals surface area contributed by atoms with Crippen molar-refractivity contribution in [1.29, 1.82) is 5.26 Å². The zero-order valence-corrected chi connectivity index (χ0v) is 20.3. The zero-order valence-electron chi connectivity index (χ0n) is 17.9. The first-order chi connectivity index (χ1) is 15.9. The van der Waals surface area contributed by atoms with E-state index in [0.29, 0.717) is 21.5 Å². The summed E-state index contributed by atoms with van der Waals surface area (Å²) in [4.78, 5) is 13.5. The molecule has 1 heterocycles. The number of rotatable bonds is 5. The molecule has 1 aliphatic rings. The Morgan fingerprint density at radius 3 is 2.14 bits per heavy atom. The van der Waals surface area contributed by atoms with E-state index in [-0.39, 0.29) is 0 Å². The van der Waals surface area contributed by atoms with Gasteiger partial charge in [-0.15, -0.1) is 0 Å². The summed E-state index contributed by atoms with van der Waals surface area (Å²) >= 11 is 5.10. The predicted molar refractivity (Wildman–Crippen MR) is 120 cm³/mol. The second kappa shape index (κ2) is 8.54. The molecule has 1 fully saturated rings. The van der Waals surface area contributed by atoms with Gasteiger partial charge in [-0.2, -0.15) is 18.4 Å². The van der Waals surface area contributed by atoms with Gasteiger partial charge >= 0.3 is 6.18 Å². The van der Waals surface area contributed by atoms with Crippen molar-refractivity contribution in [2.75, 3.05) is 16.9 Å². The van der Waals surface area contributed by atoms with Gasteiger partial charge in [-0.25, -0.2) is 25.5 Å². The lowest BCUT2D eigenvalue weighted by molar-refractivity contribution is -0.137. The summed E-state index contributed by atoms with van der Waals surface area (Å²) in [5.74, 6) is -3.11. The summed E-state index contributed by atoms with van der Waals surface area (Å²) in [5, 5.41) is 8.22. The van der Waals surface area contributed by atoms with Crippen LogP contribution in [0.2, 0.25) is 0 Å². The van der Waals surface area contributed by atoms with Gasteiger partial charge in [0.1, 0.15) is 11.4 Å². The van der Waals surface area contributed by atoms with Gasteiger partial charge in [0.25, 0.3) is 5.91 Å². The van der Waals surface area contributed by atoms with E-state index in [1.54, 1.807) is 0 Å². The SMILES string of the molecule is C[C@]1(CS(=O)(=O)c2ccc(F)cc2)C(=O)N(c2ccc(C#N)c(C(F)(F)F)c2)C(=S)N1S(C)(=O)=O. The Labute approximate surface area is 203 Å². The highest BCUT2D eigenvalue weighted by atomic mass is 32.2. The van der Waals surface area contributed by atoms with Crippen LogP contribution in [0, 0.1) is 17.1 Å². The second-order valence-corrected chi connectivity index (χ2v) is 12.0. The largest absolute Gasteiger partial charge is 0.417 e. The maximum atomic E-state index is 13.5. The van der Waals surface area contributed by atoms with Gasteiger partial charge in [0.2, 0.25) is 10.0 Å². The van der Waals surface area contributed by atoms with E-state index in [1.165, 1.54) is 6.07 Å². The molecule has 0 radical (unpaired) electrons. The van der Waals surface area contributed by atoms with Crippen molar-refractivity contribution in [1.82, 2.24) is 4.31 Å². The van der Waals surface area contributed by atoms with Gasteiger partial charge in [-0.05, 0) is 61.6 Å². The average Bonchev–Trinajstić information content (AvgIpc) is 2.91. The normalized spacial score (nSPS) is 19.2. The van der Waals surface area contributed by atoms with E-state index in [9.17, 15) is 39.2 Å². The number of hydrogen-bond donors (Lipinski definition) is 0. The highest BCUT2D eigenvalue weighted by molar-refractivity contribution is 7.92. The van der Waals surface area contributed by atoms with Crippen LogP contribution in [0.15, 0.2) is 47.4 Å². The number of halogens is 4. The van der Waals surface area contributed by atoms with E-state index in [0.717, 1.165) is 43.3 Å². The van der Waals surface area contributed by atoms with Gasteiger partial charge in [0.05, 0.1) is 39.8 Å². The maximum Gasteiger partial charge on any atom is 0.417 e. The molecule has 2 aromatic rings. The minimum atomic E-state index is -4.99. The number of nitriles is 1. The van der Waals surface area contributed by atoms with Crippen LogP contribution in [0.3, 0.4) is 0 Å². The number of nitrogens with zero attached hydrogens (tertiary/aromatic N) is 3. The van der Waals surface area contributed by atoms with Gasteiger partial charge in [-0.1, -0.05) is 0 Å². The van der Waals surface area contributed by atoms with E-state index in [2.05, 4.69) is 0 Å². The minimum Gasteiger partial charge on any atom is -0.271 e. The molecule has 0 N–H and O–H groups in total. The fraction of sp³-hybridized carbons (Fsp3) is 0.250. The molecule has 1 atom stereocenters. The fourth-order valence-corrected chi connectivity index (χ4v) is 7.50. The number of anilines is 1. The van der Waals surface area contributed by atoms with Gasteiger partial charge in [-0.3, -0.25) is 9.69 Å². The molecule has 1 saturated heterocycles. The number of benzene rings is 2. The van der Waals surface area contributed by atoms with Crippen molar-refractivity contribution < 1.29 is 39.2 Å². The summed E-state index contributed by atoms with van der Waals surface area (Å²) < 4.78 is 105. The monoisotopic (exact) mass is 549 g/mol. The van der Waals surface area contributed by atoms with Crippen molar-refractivity contribution >= 4 is 48.8 Å². The van der Waals surface area contributed by atoms with E-state index < -0.39 is 75.9 Å². The number of sulfone groups is 1. The van der Waals surface area contributed by atoms with Crippen molar-refractivity contribution in [3.8, 4) is 6.07 Å². The van der Waals surface area contributed by atoms with Crippen LogP contribution in [0.1, 0.15) is 18.1 Å². The molecular formula is C20H15F4N3O5S3. The molecule has 15 heteroatoms. The molecule has 0 aliphatic carbocycles. The molecule has 0 saturated carbocycles. The summed E-state index contributed by atoms with van der Waals surface area (Å²) in [5.41, 5.74) is -5.04. The number of alkyl halides is 3. The Hall–Kier alpha value is -3.09. The second-order valence-electron chi connectivity index (χ2n) is 7.78. The first-order valence-corrected chi connectivity index (χ1v) is 13.3. The molecule has 1 amide bonds. The van der Waals surface area contributed by atoms with Crippen molar-refractivity contribution in [2.45, 2.75) is 23.5 Å². The van der Waals surface area contributed by atoms with Crippen molar-refractivity contribution in [3.63, 3.8) is 0 Å². The van der Waals surface area contributed by atoms with Crippen LogP contribution < -0.4 is 4.90 Å². The Balaban J connectivity index is 2.18. The quantitative estimate of drug-likeness (QED) is 0.320. The molecule has 3 rings (SSSR count). The molecule has 1 aliphatic heterocycles. The number of carbonyl (C=O) groups is 1. The lowest BCUT2D eigenvalue weighted by Crippen LogP contribution is -2.54. The first kappa shape index (κ1) is 26.5. The lowest BCUT2D eigenvalue weighted by Gasteiger charge is -2.30. The molecule has 2 aromatic carbocycles. The topological polar surface area (TPSA) is 116 Å². The lowest BCUT2D eigenvalue weighted by atomic mass is 10.0. The van der Waals surface area contributed by atoms with Gasteiger partial charge in [0, 0.05) is 0 Å². The molecule has 0 aromatic heterocycles. The van der Waals surface area contributed by atoms with Crippen LogP contribution in [-0.2, 0) is 30.8 Å². The third-order valence-electron chi connectivity index (χ3n) is 5.14. The van der Waals surface area contributed by atoms with Gasteiger partial charge < -0.3 is 0 Å². The summed E-state index contributed by atoms with van der Waals surface area (Å²) in [6.45, 7) is 0.970. The molecule has 35 heavy (non-hydrogen) atoms. The van der Waals surface area contributed by atoms with E-state index >= 15 is 0 Å². The Kier molecular flexibility index (Phi) is 6.47. The molecular weight excluding hydrogens is 534 g/mol. The van der Waals surface area contributed by atoms with Gasteiger partial charge in [0.15, 0.2) is 14.9 Å². The third-order valence-corrected chi connectivity index (χ3v) is 8.79. The van der Waals surface area contributed by atoms with Crippen LogP contribution in [-0.4, -0.2) is 49.7 Å². The smallest absolute Gasteiger partial charge is 0.271 e. The molecule has 0 unspecified atom stereocenters. The van der Waals surface area contributed by atoms with Crippen molar-refractivity contribution in [2.24, 2.45) is 0 Å². The predicted octanol–water partition coefficient (Wildman–Crippen LogP) is 2.84. The number of amides is 1. The average molecular weight is 550 g/mol. The van der Waals surface area contributed by atoms with Crippen LogP contribution >= 0.6 is 12.2 Å². The maximum absolute atomic E-state index is 13.5. The Morgan fingerprint density at radius 1 is 1.09 bits per heavy atom. The molecule has 8 nitrogen and oxygen atoms in total. The Morgan fingerprint density at radius 2 is 1.66 bits per heavy atom. The molecule has 0 spiro atoms. The third kappa shape index (κ3) is 4.73. The number of sulfonamides is 1. The number of carbonyl (C=O) groups excluding carboxylic acids is 1. The van der Waals surface area contributed by atoms with E-state index in [1.807, 2.05) is 0 Å². The highest BCUT2D eigenvalue weighted by Crippen LogP contribution is 2.39. The highest BCUT2D eigenvalue weighted by Gasteiger charge is 2.58. The molecule has 0 bridgehead atoms. The first-order valence-electron chi connectivity index (χ1n) is 9.42.